The fraction of sp³-hybridized carbons (Fsp3) is 0.444. The van der Waals surface area contributed by atoms with Crippen LogP contribution in [-0.2, 0) is 33.0 Å². The Kier molecular flexibility index (Phi) is 8.47. The molecule has 0 spiro atoms. The van der Waals surface area contributed by atoms with Gasteiger partial charge in [0, 0.05) is 43.3 Å². The van der Waals surface area contributed by atoms with Gasteiger partial charge in [0.2, 0.25) is 5.90 Å². The zero-order chi connectivity index (χ0) is 44.8. The summed E-state index contributed by atoms with van der Waals surface area (Å²) in [5.41, 5.74) is 11.3. The van der Waals surface area contributed by atoms with Gasteiger partial charge >= 0.3 is 0 Å². The van der Waals surface area contributed by atoms with Crippen LogP contribution in [0.4, 0.5) is 17.2 Å². The number of benzene rings is 4. The number of aromatic nitrogens is 1. The molecule has 5 heteroatoms. The fourth-order valence-corrected chi connectivity index (χ4v) is 9.85. The lowest BCUT2D eigenvalue weighted by Crippen LogP contribution is -2.52. The van der Waals surface area contributed by atoms with Crippen molar-refractivity contribution in [1.29, 1.82) is 0 Å². The molecule has 5 aromatic rings. The molecule has 0 fully saturated rings. The van der Waals surface area contributed by atoms with Crippen LogP contribution in [0.5, 0.6) is 11.5 Å². The van der Waals surface area contributed by atoms with Crippen molar-refractivity contribution in [3.05, 3.63) is 140 Å². The van der Waals surface area contributed by atoms with Crippen LogP contribution in [0.15, 0.2) is 77.9 Å². The molecule has 0 saturated heterocycles. The third kappa shape index (κ3) is 6.24. The van der Waals surface area contributed by atoms with Crippen LogP contribution >= 0.6 is 0 Å². The lowest BCUT2D eigenvalue weighted by molar-refractivity contribution is -0.0724. The number of fused-ring (bicyclic) bond motifs is 5. The molecule has 3 aliphatic rings. The highest BCUT2D eigenvalue weighted by atomic mass is 16.5. The van der Waals surface area contributed by atoms with Crippen molar-refractivity contribution in [2.75, 3.05) is 4.90 Å². The molecule has 0 N–H and O–H groups in total. The van der Waals surface area contributed by atoms with E-state index in [0.717, 1.165) is 61.9 Å². The molecule has 1 aromatic heterocycles. The van der Waals surface area contributed by atoms with Crippen molar-refractivity contribution in [3.8, 4) is 11.5 Å². The predicted octanol–water partition coefficient (Wildman–Crippen LogP) is 14.2. The summed E-state index contributed by atoms with van der Waals surface area (Å²) >= 11 is 0. The molecule has 0 amide bonds. The summed E-state index contributed by atoms with van der Waals surface area (Å²) in [6, 6.07) is 24.0. The van der Waals surface area contributed by atoms with Gasteiger partial charge < -0.3 is 9.47 Å². The third-order valence-corrected chi connectivity index (χ3v) is 13.6. The lowest BCUT2D eigenvalue weighted by atomic mass is 9.65. The summed E-state index contributed by atoms with van der Waals surface area (Å²) in [5.74, 6) is 2.71. The van der Waals surface area contributed by atoms with Gasteiger partial charge in [-0.1, -0.05) is 99.9 Å². The van der Waals surface area contributed by atoms with E-state index in [0.29, 0.717) is 17.2 Å². The van der Waals surface area contributed by atoms with Gasteiger partial charge in [-0.2, -0.15) is 0 Å². The largest absolute Gasteiger partial charge is 0.463 e. The summed E-state index contributed by atoms with van der Waals surface area (Å²) in [6.45, 7) is 36.9. The molecule has 5 nitrogen and oxygen atoms in total. The Hall–Kier alpha value is -4.90. The van der Waals surface area contributed by atoms with Crippen LogP contribution in [0.1, 0.15) is 153 Å². The van der Waals surface area contributed by atoms with E-state index in [1.165, 1.54) is 22.3 Å². The van der Waals surface area contributed by atoms with E-state index >= 15 is 0 Å². The lowest BCUT2D eigenvalue weighted by Gasteiger charge is -2.46. The van der Waals surface area contributed by atoms with E-state index in [9.17, 15) is 2.74 Å². The predicted molar refractivity (Wildman–Crippen MR) is 246 cm³/mol. The Balaban J connectivity index is 1.28. The van der Waals surface area contributed by atoms with Crippen molar-refractivity contribution in [3.63, 3.8) is 0 Å². The van der Waals surface area contributed by atoms with E-state index in [-0.39, 0.29) is 16.2 Å². The summed E-state index contributed by atoms with van der Waals surface area (Å²) in [4.78, 5) is 12.7. The second kappa shape index (κ2) is 13.0. The van der Waals surface area contributed by atoms with Gasteiger partial charge in [-0.15, -0.1) is 0 Å². The molecule has 0 saturated carbocycles. The minimum absolute atomic E-state index is 0.0535. The van der Waals surface area contributed by atoms with E-state index in [2.05, 4.69) is 169 Å². The number of nitrogens with zero attached hydrogens (tertiary/aromatic N) is 3. The van der Waals surface area contributed by atoms with Crippen LogP contribution < -0.4 is 9.64 Å². The van der Waals surface area contributed by atoms with Gasteiger partial charge in [0.1, 0.15) is 22.9 Å². The summed E-state index contributed by atoms with van der Waals surface area (Å²) in [5, 5.41) is 0. The smallest absolute Gasteiger partial charge is 0.217 e. The summed E-state index contributed by atoms with van der Waals surface area (Å²) in [6.07, 6.45) is 0.132. The van der Waals surface area contributed by atoms with Gasteiger partial charge in [-0.25, -0.2) is 9.98 Å². The first-order valence-electron chi connectivity index (χ1n) is 22.3. The quantitative estimate of drug-likeness (QED) is 0.182. The SMILES string of the molecule is [2H]C1([2H])c2c(cc(C)c(C)c2C)[C@]2(C(C)(C)C)OC(c3cc(Oc4cc5c(cc4C)C(C)(C)c4cc(C)ccc4N5c4cc(C(C)(C)C)ccn4)cc(C(C)(C)C)c3)=N[C@]12C. The first kappa shape index (κ1) is 38.3. The Labute approximate surface area is 357 Å². The summed E-state index contributed by atoms with van der Waals surface area (Å²) < 4.78 is 34.1. The molecular formula is C54H65N3O2. The minimum atomic E-state index is -1.79. The molecule has 3 heterocycles. The Morgan fingerprint density at radius 2 is 1.36 bits per heavy atom. The van der Waals surface area contributed by atoms with Crippen molar-refractivity contribution in [2.45, 2.75) is 151 Å². The number of pyridine rings is 1. The molecule has 8 rings (SSSR count). The number of rotatable bonds is 4. The van der Waals surface area contributed by atoms with Crippen LogP contribution in [0, 0.1) is 40.0 Å². The second-order valence-corrected chi connectivity index (χ2v) is 21.4. The number of anilines is 3. The van der Waals surface area contributed by atoms with Crippen molar-refractivity contribution >= 4 is 23.1 Å². The monoisotopic (exact) mass is 790 g/mol. The maximum Gasteiger partial charge on any atom is 0.217 e. The number of aliphatic imine (C=N–C) groups is 1. The van der Waals surface area contributed by atoms with E-state index in [4.69, 9.17) is 19.5 Å². The van der Waals surface area contributed by atoms with E-state index in [1.807, 2.05) is 26.1 Å². The first-order valence-corrected chi connectivity index (χ1v) is 21.3. The van der Waals surface area contributed by atoms with Gasteiger partial charge in [0.25, 0.3) is 0 Å². The number of hydrogen-bond donors (Lipinski definition) is 0. The molecule has 2 aliphatic heterocycles. The molecule has 2 atom stereocenters. The number of ether oxygens (including phenoxy) is 2. The zero-order valence-corrected chi connectivity index (χ0v) is 38.6. The highest BCUT2D eigenvalue weighted by Gasteiger charge is 2.67. The van der Waals surface area contributed by atoms with Gasteiger partial charge in [0.15, 0.2) is 5.60 Å². The molecule has 1 aliphatic carbocycles. The van der Waals surface area contributed by atoms with Gasteiger partial charge in [-0.3, -0.25) is 4.90 Å². The zero-order valence-electron chi connectivity index (χ0n) is 40.6. The maximum atomic E-state index is 9.84. The van der Waals surface area contributed by atoms with Crippen LogP contribution in [0.3, 0.4) is 0 Å². The maximum absolute atomic E-state index is 9.84. The third-order valence-electron chi connectivity index (χ3n) is 13.6. The molecule has 59 heavy (non-hydrogen) atoms. The molecular weight excluding hydrogens is 723 g/mol. The van der Waals surface area contributed by atoms with Crippen LogP contribution in [-0.4, -0.2) is 16.4 Å². The topological polar surface area (TPSA) is 47.0 Å². The van der Waals surface area contributed by atoms with Crippen molar-refractivity contribution in [1.82, 2.24) is 4.98 Å². The molecule has 308 valence electrons. The summed E-state index contributed by atoms with van der Waals surface area (Å²) in [7, 11) is 0. The average molecular weight is 790 g/mol. The van der Waals surface area contributed by atoms with E-state index < -0.39 is 22.9 Å². The highest BCUT2D eigenvalue weighted by Crippen LogP contribution is 2.62. The van der Waals surface area contributed by atoms with Crippen LogP contribution in [0.25, 0.3) is 0 Å². The van der Waals surface area contributed by atoms with Gasteiger partial charge in [0.05, 0.1) is 11.4 Å². The standard InChI is InChI=1S/C54H65N3O2/c1-31-18-19-44-42(22-31)52(15,16)43-24-33(3)46(29-45(43)57(44)47-28-37(20-21-55-47)49(6,7)8)58-39-26-36(25-38(27-39)50(9,10)11)48-56-53(17)30-40-35(5)34(4)32(2)23-41(40)54(53,59-48)51(12,13)14/h18-29H,30H2,1-17H3/t53-,54-/m1/s1/i30D2. The normalized spacial score (nSPS) is 22.1. The molecule has 4 aromatic carbocycles. The fourth-order valence-electron chi connectivity index (χ4n) is 9.85. The van der Waals surface area contributed by atoms with Crippen molar-refractivity contribution in [2.24, 2.45) is 10.4 Å². The Morgan fingerprint density at radius 1 is 0.695 bits per heavy atom. The molecule has 0 unspecified atom stereocenters. The average Bonchev–Trinajstić information content (AvgIpc) is 3.56. The molecule has 0 radical (unpaired) electrons. The minimum Gasteiger partial charge on any atom is -0.463 e. The highest BCUT2D eigenvalue weighted by molar-refractivity contribution is 5.97. The van der Waals surface area contributed by atoms with Gasteiger partial charge in [-0.05, 0) is 145 Å². The number of aryl methyl sites for hydroxylation is 3. The Bertz CT molecular complexity index is 2690. The first-order chi connectivity index (χ1) is 28.0. The molecule has 0 bridgehead atoms. The van der Waals surface area contributed by atoms with Crippen molar-refractivity contribution < 1.29 is 12.2 Å². The number of hydrogen-bond acceptors (Lipinski definition) is 5. The van der Waals surface area contributed by atoms with E-state index in [1.54, 1.807) is 0 Å². The Morgan fingerprint density at radius 3 is 2.02 bits per heavy atom. The van der Waals surface area contributed by atoms with Crippen LogP contribution in [0.2, 0.25) is 0 Å². The second-order valence-electron chi connectivity index (χ2n) is 21.4.